The van der Waals surface area contributed by atoms with Gasteiger partial charge in [0.1, 0.15) is 12.1 Å². The Morgan fingerprint density at radius 1 is 1.57 bits per heavy atom. The molecule has 0 saturated carbocycles. The van der Waals surface area contributed by atoms with E-state index in [1.807, 2.05) is 0 Å². The molecule has 0 aliphatic carbocycles. The van der Waals surface area contributed by atoms with Crippen LogP contribution in [0.1, 0.15) is 13.8 Å². The Balaban J connectivity index is 2.93. The van der Waals surface area contributed by atoms with Crippen LogP contribution in [0.15, 0.2) is 17.0 Å². The number of nitrogens with zero attached hydrogens (tertiary/aromatic N) is 3. The van der Waals surface area contributed by atoms with Crippen molar-refractivity contribution in [3.63, 3.8) is 0 Å². The first-order valence-corrected chi connectivity index (χ1v) is 5.77. The van der Waals surface area contributed by atoms with Crippen LogP contribution >= 0.6 is 27.5 Å². The van der Waals surface area contributed by atoms with E-state index in [2.05, 4.69) is 44.6 Å². The van der Waals surface area contributed by atoms with E-state index in [-0.39, 0.29) is 0 Å². The van der Waals surface area contributed by atoms with Gasteiger partial charge in [-0.1, -0.05) is 0 Å². The third-order valence-electron chi connectivity index (χ3n) is 1.87. The number of halogens is 2. The van der Waals surface area contributed by atoms with E-state index < -0.39 is 0 Å². The molecular weight excluding hydrogens is 265 g/mol. The van der Waals surface area contributed by atoms with Crippen molar-refractivity contribution in [2.45, 2.75) is 19.9 Å². The van der Waals surface area contributed by atoms with E-state index in [9.17, 15) is 0 Å². The van der Waals surface area contributed by atoms with Crippen LogP contribution in [0.3, 0.4) is 0 Å². The zero-order valence-electron chi connectivity index (χ0n) is 8.24. The summed E-state index contributed by atoms with van der Waals surface area (Å²) in [5, 5.41) is 0. The van der Waals surface area contributed by atoms with Gasteiger partial charge >= 0.3 is 0 Å². The summed E-state index contributed by atoms with van der Waals surface area (Å²) in [6, 6.07) is 0.375. The molecule has 78 valence electrons. The Morgan fingerprint density at radius 3 is 2.79 bits per heavy atom. The lowest BCUT2D eigenvalue weighted by atomic mass is 10.3. The van der Waals surface area contributed by atoms with Gasteiger partial charge in [0.2, 0.25) is 0 Å². The Bertz CT molecular complexity index is 293. The summed E-state index contributed by atoms with van der Waals surface area (Å²) in [4.78, 5) is 10.3. The first-order chi connectivity index (χ1) is 6.66. The second-order valence-electron chi connectivity index (χ2n) is 3.17. The first-order valence-electron chi connectivity index (χ1n) is 4.45. The van der Waals surface area contributed by atoms with Crippen molar-refractivity contribution in [2.75, 3.05) is 17.3 Å². The minimum absolute atomic E-state index is 0.375. The van der Waals surface area contributed by atoms with Gasteiger partial charge in [0, 0.05) is 24.7 Å². The zero-order valence-corrected chi connectivity index (χ0v) is 10.6. The van der Waals surface area contributed by atoms with Crippen LogP contribution in [0.5, 0.6) is 0 Å². The summed E-state index contributed by atoms with van der Waals surface area (Å²) in [5.74, 6) is 1.49. The summed E-state index contributed by atoms with van der Waals surface area (Å²) in [7, 11) is 0. The predicted molar refractivity (Wildman–Crippen MR) is 62.9 cm³/mol. The lowest BCUT2D eigenvalue weighted by molar-refractivity contribution is 0.692. The molecule has 0 aromatic carbocycles. The smallest absolute Gasteiger partial charge is 0.146 e. The van der Waals surface area contributed by atoms with Crippen molar-refractivity contribution in [1.29, 1.82) is 0 Å². The number of rotatable bonds is 4. The highest BCUT2D eigenvalue weighted by Crippen LogP contribution is 2.23. The fourth-order valence-corrected chi connectivity index (χ4v) is 1.85. The van der Waals surface area contributed by atoms with Crippen molar-refractivity contribution < 1.29 is 0 Å². The normalized spacial score (nSPS) is 10.6. The number of alkyl halides is 1. The highest BCUT2D eigenvalue weighted by Gasteiger charge is 2.13. The molecule has 5 heteroatoms. The van der Waals surface area contributed by atoms with Gasteiger partial charge in [-0.05, 0) is 29.8 Å². The van der Waals surface area contributed by atoms with Crippen LogP contribution in [0.25, 0.3) is 0 Å². The average molecular weight is 279 g/mol. The molecule has 0 aliphatic heterocycles. The molecule has 0 bridgehead atoms. The molecule has 0 amide bonds. The summed E-state index contributed by atoms with van der Waals surface area (Å²) in [6.07, 6.45) is 3.29. The molecule has 14 heavy (non-hydrogen) atoms. The largest absolute Gasteiger partial charge is 0.352 e. The number of aromatic nitrogens is 2. The first kappa shape index (κ1) is 11.7. The number of anilines is 1. The monoisotopic (exact) mass is 277 g/mol. The lowest BCUT2D eigenvalue weighted by Gasteiger charge is -2.27. The maximum absolute atomic E-state index is 5.74. The third-order valence-corrected chi connectivity index (χ3v) is 2.60. The molecule has 0 aliphatic rings. The molecule has 0 spiro atoms. The van der Waals surface area contributed by atoms with Gasteiger partial charge in [-0.2, -0.15) is 0 Å². The average Bonchev–Trinajstić information content (AvgIpc) is 2.15. The molecular formula is C9H13BrClN3. The highest BCUT2D eigenvalue weighted by atomic mass is 79.9. The minimum atomic E-state index is 0.375. The summed E-state index contributed by atoms with van der Waals surface area (Å²) < 4.78 is 0.902. The summed E-state index contributed by atoms with van der Waals surface area (Å²) >= 11 is 9.17. The Hall–Kier alpha value is -0.350. The van der Waals surface area contributed by atoms with E-state index in [1.54, 1.807) is 12.5 Å². The Labute approximate surface area is 97.6 Å². The van der Waals surface area contributed by atoms with Crippen molar-refractivity contribution in [3.05, 3.63) is 17.0 Å². The molecule has 3 nitrogen and oxygen atoms in total. The summed E-state index contributed by atoms with van der Waals surface area (Å²) in [6.45, 7) is 5.01. The van der Waals surface area contributed by atoms with E-state index >= 15 is 0 Å². The minimum Gasteiger partial charge on any atom is -0.352 e. The maximum atomic E-state index is 5.74. The van der Waals surface area contributed by atoms with Crippen LogP contribution in [0, 0.1) is 0 Å². The number of hydrogen-bond donors (Lipinski definition) is 0. The third kappa shape index (κ3) is 2.82. The fourth-order valence-electron chi connectivity index (χ4n) is 1.22. The molecule has 0 atom stereocenters. The zero-order chi connectivity index (χ0) is 10.6. The van der Waals surface area contributed by atoms with Gasteiger partial charge < -0.3 is 4.90 Å². The van der Waals surface area contributed by atoms with Crippen molar-refractivity contribution >= 4 is 33.3 Å². The second-order valence-corrected chi connectivity index (χ2v) is 4.40. The van der Waals surface area contributed by atoms with Crippen molar-refractivity contribution in [1.82, 2.24) is 9.97 Å². The molecule has 0 N–H and O–H groups in total. The van der Waals surface area contributed by atoms with Gasteiger partial charge in [0.25, 0.3) is 0 Å². The molecule has 0 saturated heterocycles. The van der Waals surface area contributed by atoms with E-state index in [1.165, 1.54) is 0 Å². The molecule has 1 heterocycles. The SMILES string of the molecule is CC(C)N(CCCl)c1ncncc1Br. The van der Waals surface area contributed by atoms with Crippen molar-refractivity contribution in [2.24, 2.45) is 0 Å². The molecule has 1 aromatic rings. The lowest BCUT2D eigenvalue weighted by Crippen LogP contribution is -2.33. The molecule has 0 radical (unpaired) electrons. The van der Waals surface area contributed by atoms with Gasteiger partial charge in [0.05, 0.1) is 4.47 Å². The van der Waals surface area contributed by atoms with Crippen LogP contribution in [-0.2, 0) is 0 Å². The van der Waals surface area contributed by atoms with E-state index in [0.717, 1.165) is 16.8 Å². The second kappa shape index (κ2) is 5.51. The Kier molecular flexibility index (Phi) is 4.62. The Morgan fingerprint density at radius 2 is 2.29 bits per heavy atom. The van der Waals surface area contributed by atoms with Crippen molar-refractivity contribution in [3.8, 4) is 0 Å². The van der Waals surface area contributed by atoms with E-state index in [4.69, 9.17) is 11.6 Å². The molecule has 0 unspecified atom stereocenters. The number of hydrogen-bond acceptors (Lipinski definition) is 3. The highest BCUT2D eigenvalue weighted by molar-refractivity contribution is 9.10. The topological polar surface area (TPSA) is 29.0 Å². The molecule has 0 fully saturated rings. The van der Waals surface area contributed by atoms with Crippen LogP contribution in [-0.4, -0.2) is 28.4 Å². The fraction of sp³-hybridized carbons (Fsp3) is 0.556. The maximum Gasteiger partial charge on any atom is 0.146 e. The van der Waals surface area contributed by atoms with Crippen LogP contribution in [0.4, 0.5) is 5.82 Å². The molecule has 1 aromatic heterocycles. The quantitative estimate of drug-likeness (QED) is 0.793. The van der Waals surface area contributed by atoms with Gasteiger partial charge in [-0.3, -0.25) is 0 Å². The van der Waals surface area contributed by atoms with Gasteiger partial charge in [0.15, 0.2) is 0 Å². The van der Waals surface area contributed by atoms with Crippen LogP contribution < -0.4 is 4.90 Å². The van der Waals surface area contributed by atoms with Crippen LogP contribution in [0.2, 0.25) is 0 Å². The van der Waals surface area contributed by atoms with Gasteiger partial charge in [-0.15, -0.1) is 11.6 Å². The van der Waals surface area contributed by atoms with Gasteiger partial charge in [-0.25, -0.2) is 9.97 Å². The summed E-state index contributed by atoms with van der Waals surface area (Å²) in [5.41, 5.74) is 0. The predicted octanol–water partition coefficient (Wildman–Crippen LogP) is 2.69. The van der Waals surface area contributed by atoms with E-state index in [0.29, 0.717) is 11.9 Å². The standard InChI is InChI=1S/C9H13BrClN3/c1-7(2)14(4-3-11)9-8(10)5-12-6-13-9/h5-7H,3-4H2,1-2H3. The molecule has 1 rings (SSSR count).